The third-order valence-electron chi connectivity index (χ3n) is 6.04. The third kappa shape index (κ3) is 7.03. The normalized spacial score (nSPS) is 14.9. The van der Waals surface area contributed by atoms with Crippen LogP contribution >= 0.6 is 0 Å². The van der Waals surface area contributed by atoms with Crippen LogP contribution in [0.5, 0.6) is 0 Å². The van der Waals surface area contributed by atoms with Crippen molar-refractivity contribution in [3.63, 3.8) is 0 Å². The summed E-state index contributed by atoms with van der Waals surface area (Å²) < 4.78 is 50.2. The number of nitrogens with one attached hydrogen (secondary N) is 2. The van der Waals surface area contributed by atoms with Crippen LogP contribution in [0.3, 0.4) is 0 Å². The van der Waals surface area contributed by atoms with Crippen molar-refractivity contribution >= 4 is 17.6 Å². The Morgan fingerprint density at radius 2 is 1.95 bits per heavy atom. The molecule has 39 heavy (non-hydrogen) atoms. The molecule has 1 fully saturated rings. The van der Waals surface area contributed by atoms with Gasteiger partial charge in [-0.05, 0) is 52.3 Å². The van der Waals surface area contributed by atoms with Gasteiger partial charge < -0.3 is 15.8 Å². The van der Waals surface area contributed by atoms with E-state index in [9.17, 15) is 13.2 Å². The molecule has 10 nitrogen and oxygen atoms in total. The summed E-state index contributed by atoms with van der Waals surface area (Å²) in [6, 6.07) is 5.77. The lowest BCUT2D eigenvalue weighted by Crippen LogP contribution is -2.63. The van der Waals surface area contributed by atoms with Crippen molar-refractivity contribution in [3.05, 3.63) is 54.0 Å². The van der Waals surface area contributed by atoms with Crippen LogP contribution in [0.1, 0.15) is 51.8 Å². The molecule has 0 aliphatic carbocycles. The summed E-state index contributed by atoms with van der Waals surface area (Å²) in [7, 11) is 0. The zero-order valence-electron chi connectivity index (χ0n) is 22.6. The smallest absolute Gasteiger partial charge is 0.370 e. The van der Waals surface area contributed by atoms with Crippen molar-refractivity contribution in [2.45, 2.75) is 65.1 Å². The monoisotopic (exact) mass is 545 g/mol. The number of nitrogens with zero attached hydrogens (tertiary/aromatic N) is 6. The topological polar surface area (TPSA) is 121 Å². The highest BCUT2D eigenvalue weighted by Gasteiger charge is 2.38. The number of benzene rings is 1. The summed E-state index contributed by atoms with van der Waals surface area (Å²) in [5, 5.41) is 18.3. The number of hydrazine groups is 1. The highest BCUT2D eigenvalue weighted by molar-refractivity contribution is 5.74. The lowest BCUT2D eigenvalue weighted by molar-refractivity contribution is -0.172. The lowest BCUT2D eigenvalue weighted by Gasteiger charge is -2.47. The van der Waals surface area contributed by atoms with Crippen molar-refractivity contribution in [1.82, 2.24) is 29.8 Å². The van der Waals surface area contributed by atoms with Crippen LogP contribution in [0.2, 0.25) is 0 Å². The Bertz CT molecular complexity index is 1310. The van der Waals surface area contributed by atoms with Gasteiger partial charge in [0.1, 0.15) is 0 Å². The SMILES string of the molecule is CC(C)n1cc(Nc2nccc(-c3ccc(CN(C(=N)N)N4CC(OC(C)(C)C)C4)c(C(F)(F)F)c3)n2)cn1. The molecule has 0 spiro atoms. The summed E-state index contributed by atoms with van der Waals surface area (Å²) >= 11 is 0. The fourth-order valence-corrected chi connectivity index (χ4v) is 4.22. The molecule has 0 atom stereocenters. The van der Waals surface area contributed by atoms with Gasteiger partial charge in [0, 0.05) is 37.1 Å². The first-order valence-electron chi connectivity index (χ1n) is 12.6. The Morgan fingerprint density at radius 1 is 1.23 bits per heavy atom. The largest absolute Gasteiger partial charge is 0.416 e. The molecule has 0 unspecified atom stereocenters. The minimum absolute atomic E-state index is 0.00450. The molecule has 13 heteroatoms. The molecule has 0 saturated carbocycles. The summed E-state index contributed by atoms with van der Waals surface area (Å²) in [5.74, 6) is -0.102. The summed E-state index contributed by atoms with van der Waals surface area (Å²) in [4.78, 5) is 8.59. The molecule has 1 aliphatic rings. The fraction of sp³-hybridized carbons (Fsp3) is 0.462. The lowest BCUT2D eigenvalue weighted by atomic mass is 10.0. The number of guanidine groups is 1. The van der Waals surface area contributed by atoms with E-state index in [1.807, 2.05) is 34.6 Å². The van der Waals surface area contributed by atoms with Gasteiger partial charge in [-0.15, -0.1) is 0 Å². The van der Waals surface area contributed by atoms with E-state index in [0.29, 0.717) is 24.5 Å². The van der Waals surface area contributed by atoms with Crippen LogP contribution in [0, 0.1) is 5.41 Å². The second kappa shape index (κ2) is 10.8. The molecule has 2 aromatic heterocycles. The van der Waals surface area contributed by atoms with E-state index in [2.05, 4.69) is 20.4 Å². The number of hydrogen-bond donors (Lipinski definition) is 3. The molecule has 0 bridgehead atoms. The number of hydrogen-bond acceptors (Lipinski definition) is 7. The van der Waals surface area contributed by atoms with Crippen LogP contribution in [-0.4, -0.2) is 60.5 Å². The number of rotatable bonds is 8. The molecular formula is C26H34F3N9O. The first kappa shape index (κ1) is 28.3. The minimum Gasteiger partial charge on any atom is -0.370 e. The average Bonchev–Trinajstić information content (AvgIpc) is 3.27. The Balaban J connectivity index is 1.55. The van der Waals surface area contributed by atoms with E-state index in [4.69, 9.17) is 15.9 Å². The maximum Gasteiger partial charge on any atom is 0.416 e. The van der Waals surface area contributed by atoms with Gasteiger partial charge in [-0.25, -0.2) is 15.0 Å². The molecule has 4 N–H and O–H groups in total. The third-order valence-corrected chi connectivity index (χ3v) is 6.04. The maximum absolute atomic E-state index is 14.2. The number of ether oxygens (including phenoxy) is 1. The Labute approximate surface area is 225 Å². The summed E-state index contributed by atoms with van der Waals surface area (Å²) in [5.41, 5.74) is 5.87. The van der Waals surface area contributed by atoms with Crippen LogP contribution < -0.4 is 11.1 Å². The molecule has 4 rings (SSSR count). The van der Waals surface area contributed by atoms with Gasteiger partial charge >= 0.3 is 6.18 Å². The molecule has 1 aromatic carbocycles. The first-order valence-corrected chi connectivity index (χ1v) is 12.6. The highest BCUT2D eigenvalue weighted by Crippen LogP contribution is 2.36. The summed E-state index contributed by atoms with van der Waals surface area (Å²) in [6.07, 6.45) is 0.198. The van der Waals surface area contributed by atoms with E-state index in [-0.39, 0.29) is 47.3 Å². The van der Waals surface area contributed by atoms with Crippen LogP contribution in [0.25, 0.3) is 11.3 Å². The highest BCUT2D eigenvalue weighted by atomic mass is 19.4. The van der Waals surface area contributed by atoms with Crippen LogP contribution in [-0.2, 0) is 17.5 Å². The molecule has 0 amide bonds. The van der Waals surface area contributed by atoms with Gasteiger partial charge in [0.05, 0.1) is 41.4 Å². The van der Waals surface area contributed by atoms with Crippen molar-refractivity contribution in [1.29, 1.82) is 5.41 Å². The number of halogens is 3. The summed E-state index contributed by atoms with van der Waals surface area (Å²) in [6.45, 7) is 10.5. The molecule has 1 saturated heterocycles. The standard InChI is InChI=1S/C26H34F3N9O/c1-16(2)37-13-19(11-33-37)34-24-32-9-8-22(35-24)17-6-7-18(21(10-17)26(27,28)29)12-38(23(30)31)36-14-20(15-36)39-25(3,4)5/h6-11,13,16,20H,12,14-15H2,1-5H3,(H3,30,31)(H,32,34,35). The average molecular weight is 546 g/mol. The van der Waals surface area contributed by atoms with Crippen molar-refractivity contribution in [2.75, 3.05) is 18.4 Å². The van der Waals surface area contributed by atoms with Crippen LogP contribution in [0.15, 0.2) is 42.9 Å². The van der Waals surface area contributed by atoms with Crippen molar-refractivity contribution in [2.24, 2.45) is 5.73 Å². The van der Waals surface area contributed by atoms with Crippen molar-refractivity contribution in [3.8, 4) is 11.3 Å². The molecule has 1 aliphatic heterocycles. The van der Waals surface area contributed by atoms with Gasteiger partial charge in [0.2, 0.25) is 11.9 Å². The fourth-order valence-electron chi connectivity index (χ4n) is 4.22. The Kier molecular flexibility index (Phi) is 7.84. The first-order chi connectivity index (χ1) is 18.2. The van der Waals surface area contributed by atoms with Gasteiger partial charge in [0.15, 0.2) is 0 Å². The second-order valence-corrected chi connectivity index (χ2v) is 10.7. The second-order valence-electron chi connectivity index (χ2n) is 10.7. The van der Waals surface area contributed by atoms with Crippen LogP contribution in [0.4, 0.5) is 24.8 Å². The van der Waals surface area contributed by atoms with Gasteiger partial charge in [-0.1, -0.05) is 12.1 Å². The quantitative estimate of drug-likeness (QED) is 0.273. The van der Waals surface area contributed by atoms with E-state index < -0.39 is 11.7 Å². The predicted molar refractivity (Wildman–Crippen MR) is 142 cm³/mol. The predicted octanol–water partition coefficient (Wildman–Crippen LogP) is 4.79. The van der Waals surface area contributed by atoms with Gasteiger partial charge in [0.25, 0.3) is 0 Å². The van der Waals surface area contributed by atoms with E-state index >= 15 is 0 Å². The zero-order valence-corrected chi connectivity index (χ0v) is 22.6. The maximum atomic E-state index is 14.2. The number of aromatic nitrogens is 4. The minimum atomic E-state index is -4.62. The van der Waals surface area contributed by atoms with E-state index in [1.165, 1.54) is 17.3 Å². The van der Waals surface area contributed by atoms with Crippen molar-refractivity contribution < 1.29 is 17.9 Å². The molecule has 3 heterocycles. The Morgan fingerprint density at radius 3 is 2.54 bits per heavy atom. The molecule has 210 valence electrons. The number of anilines is 2. The van der Waals surface area contributed by atoms with Gasteiger partial charge in [-0.2, -0.15) is 18.3 Å². The number of alkyl halides is 3. The van der Waals surface area contributed by atoms with E-state index in [0.717, 1.165) is 6.07 Å². The molecular weight excluding hydrogens is 511 g/mol. The molecule has 0 radical (unpaired) electrons. The number of nitrogens with two attached hydrogens (primary N) is 1. The van der Waals surface area contributed by atoms with E-state index in [1.54, 1.807) is 34.2 Å². The zero-order chi connectivity index (χ0) is 28.5. The Hall–Kier alpha value is -3.71. The van der Waals surface area contributed by atoms with Gasteiger partial charge in [-0.3, -0.25) is 15.1 Å². The molecule has 3 aromatic rings.